The SMILES string of the molecule is COc1cccc(C2=CN3C(=O)c4cc(OC)c(OCCCOc5cc6c(cc5OC)C(=O)N5C=C(c7cccc(OC)c7)C[C@H]5C(S(=O)(=O)[O-])N6)cc4NC(OOO[S-])[C@@H]3C2)c1.[Na+].[Na+]. The van der Waals surface area contributed by atoms with Crippen molar-refractivity contribution in [3.8, 4) is 34.5 Å². The number of hydrogen-bond acceptors (Lipinski definition) is 17. The minimum Gasteiger partial charge on any atom is -0.746 e. The summed E-state index contributed by atoms with van der Waals surface area (Å²) in [6, 6.07) is 19.1. The fourth-order valence-corrected chi connectivity index (χ4v) is 9.02. The fourth-order valence-electron chi connectivity index (χ4n) is 8.10. The number of carbonyl (C=O) groups excluding carboxylic acids is 2. The van der Waals surface area contributed by atoms with Crippen LogP contribution in [0, 0.1) is 0 Å². The molecule has 4 atom stereocenters. The quantitative estimate of drug-likeness (QED) is 0.0362. The zero-order valence-electron chi connectivity index (χ0n) is 36.4. The molecule has 0 fully saturated rings. The molecule has 2 N–H and O–H groups in total. The maximum absolute atomic E-state index is 14.1. The minimum atomic E-state index is -4.98. The number of fused-ring (bicyclic) bond motifs is 4. The Hall–Kier alpha value is -4.16. The topological polar surface area (TPSA) is 205 Å². The van der Waals surface area contributed by atoms with Gasteiger partial charge in [0.1, 0.15) is 27.0 Å². The largest absolute Gasteiger partial charge is 1.00 e. The van der Waals surface area contributed by atoms with Crippen molar-refractivity contribution < 1.29 is 124 Å². The molecule has 18 nitrogen and oxygen atoms in total. The molecule has 4 heterocycles. The number of nitrogens with zero attached hydrogens (tertiary/aromatic N) is 2. The second-order valence-electron chi connectivity index (χ2n) is 14.7. The molecule has 0 aromatic heterocycles. The molecule has 0 spiro atoms. The predicted octanol–water partition coefficient (Wildman–Crippen LogP) is -0.522. The van der Waals surface area contributed by atoms with Crippen LogP contribution in [0.5, 0.6) is 34.5 Å². The van der Waals surface area contributed by atoms with Gasteiger partial charge in [-0.1, -0.05) is 29.3 Å². The zero-order valence-corrected chi connectivity index (χ0v) is 42.0. The zero-order chi connectivity index (χ0) is 44.4. The molecule has 0 bridgehead atoms. The third-order valence-electron chi connectivity index (χ3n) is 11.2. The molecule has 0 saturated carbocycles. The average Bonchev–Trinajstić information content (AvgIpc) is 3.90. The van der Waals surface area contributed by atoms with Crippen LogP contribution < -0.4 is 98.2 Å². The van der Waals surface area contributed by atoms with Gasteiger partial charge in [-0.25, -0.2) is 8.42 Å². The maximum Gasteiger partial charge on any atom is 1.00 e. The molecule has 0 aliphatic carbocycles. The molecule has 0 saturated heterocycles. The molecule has 22 heteroatoms. The van der Waals surface area contributed by atoms with Crippen molar-refractivity contribution >= 4 is 57.4 Å². The molecule has 2 amide bonds. The predicted molar refractivity (Wildman–Crippen MR) is 228 cm³/mol. The second kappa shape index (κ2) is 21.6. The second-order valence-corrected chi connectivity index (χ2v) is 16.4. The summed E-state index contributed by atoms with van der Waals surface area (Å²) in [4.78, 5) is 36.5. The Labute approximate surface area is 425 Å². The van der Waals surface area contributed by atoms with Crippen LogP contribution in [0.2, 0.25) is 0 Å². The molecular weight excluding hydrogens is 907 g/mol. The van der Waals surface area contributed by atoms with E-state index in [1.165, 1.54) is 38.4 Å². The first kappa shape index (κ1) is 50.3. The summed E-state index contributed by atoms with van der Waals surface area (Å²) in [7, 11) is 0.999. The molecule has 4 aliphatic rings. The van der Waals surface area contributed by atoms with Gasteiger partial charge in [-0.15, -0.1) is 0 Å². The molecule has 4 aromatic rings. The first-order valence-electron chi connectivity index (χ1n) is 19.6. The number of hydrogen-bond donors (Lipinski definition) is 2. The first-order chi connectivity index (χ1) is 30.4. The van der Waals surface area contributed by atoms with Gasteiger partial charge in [-0.05, 0) is 71.5 Å². The van der Waals surface area contributed by atoms with Gasteiger partial charge in [0.25, 0.3) is 11.8 Å². The number of anilines is 2. The van der Waals surface area contributed by atoms with E-state index in [1.807, 2.05) is 30.3 Å². The summed E-state index contributed by atoms with van der Waals surface area (Å²) in [5.74, 6) is 1.40. The van der Waals surface area contributed by atoms with Gasteiger partial charge in [0.15, 0.2) is 29.2 Å². The van der Waals surface area contributed by atoms with Crippen molar-refractivity contribution in [3.63, 3.8) is 0 Å². The maximum atomic E-state index is 14.1. The summed E-state index contributed by atoms with van der Waals surface area (Å²) < 4.78 is 76.7. The number of amides is 2. The van der Waals surface area contributed by atoms with Crippen molar-refractivity contribution in [1.82, 2.24) is 9.80 Å². The summed E-state index contributed by atoms with van der Waals surface area (Å²) in [6.45, 7) is 0.209. The molecular formula is C43H42N4Na2O14S2. The molecule has 65 heavy (non-hydrogen) atoms. The summed E-state index contributed by atoms with van der Waals surface area (Å²) in [6.07, 6.45) is 3.22. The van der Waals surface area contributed by atoms with Crippen molar-refractivity contribution in [1.29, 1.82) is 0 Å². The smallest absolute Gasteiger partial charge is 0.746 e. The van der Waals surface area contributed by atoms with E-state index in [0.717, 1.165) is 16.7 Å². The Kier molecular flexibility index (Phi) is 16.7. The molecule has 332 valence electrons. The fraction of sp³-hybridized carbons (Fsp3) is 0.302. The number of rotatable bonds is 16. The van der Waals surface area contributed by atoms with Gasteiger partial charge in [-0.3, -0.25) is 9.59 Å². The van der Waals surface area contributed by atoms with E-state index in [4.69, 9.17) is 38.3 Å². The number of nitrogens with one attached hydrogen (secondary N) is 2. The molecule has 0 radical (unpaired) electrons. The van der Waals surface area contributed by atoms with Crippen molar-refractivity contribution in [2.24, 2.45) is 0 Å². The molecule has 2 unspecified atom stereocenters. The third-order valence-corrected chi connectivity index (χ3v) is 12.3. The van der Waals surface area contributed by atoms with Gasteiger partial charge in [0.05, 0.1) is 76.2 Å². The van der Waals surface area contributed by atoms with E-state index in [1.54, 1.807) is 54.7 Å². The third kappa shape index (κ3) is 10.5. The molecule has 4 aliphatic heterocycles. The first-order valence-corrected chi connectivity index (χ1v) is 21.4. The minimum absolute atomic E-state index is 0. The van der Waals surface area contributed by atoms with E-state index in [-0.39, 0.29) is 113 Å². The number of ether oxygens (including phenoxy) is 6. The van der Waals surface area contributed by atoms with Gasteiger partial charge >= 0.3 is 59.1 Å². The van der Waals surface area contributed by atoms with Crippen LogP contribution in [0.25, 0.3) is 11.1 Å². The van der Waals surface area contributed by atoms with Crippen LogP contribution in [-0.2, 0) is 37.3 Å². The Balaban J connectivity index is 0.00000350. The van der Waals surface area contributed by atoms with E-state index < -0.39 is 39.7 Å². The Bertz CT molecular complexity index is 2600. The van der Waals surface area contributed by atoms with Crippen LogP contribution >= 0.6 is 0 Å². The number of methoxy groups -OCH3 is 4. The van der Waals surface area contributed by atoms with Crippen molar-refractivity contribution in [2.75, 3.05) is 52.3 Å². The van der Waals surface area contributed by atoms with Crippen molar-refractivity contribution in [3.05, 3.63) is 107 Å². The summed E-state index contributed by atoms with van der Waals surface area (Å²) >= 11 is 4.47. The van der Waals surface area contributed by atoms with Gasteiger partial charge in [-0.2, -0.15) is 4.89 Å². The monoisotopic (exact) mass is 948 g/mol. The van der Waals surface area contributed by atoms with Crippen LogP contribution in [0.15, 0.2) is 85.2 Å². The van der Waals surface area contributed by atoms with Crippen molar-refractivity contribution in [2.45, 2.75) is 42.9 Å². The van der Waals surface area contributed by atoms with E-state index >= 15 is 0 Å². The average molecular weight is 949 g/mol. The van der Waals surface area contributed by atoms with Crippen LogP contribution in [-0.4, -0.2) is 99.9 Å². The Morgan fingerprint density at radius 1 is 0.677 bits per heavy atom. The summed E-state index contributed by atoms with van der Waals surface area (Å²) in [5.41, 5.74) is 3.96. The molecule has 4 aromatic carbocycles. The van der Waals surface area contributed by atoms with Crippen LogP contribution in [0.4, 0.5) is 11.4 Å². The van der Waals surface area contributed by atoms with Gasteiger partial charge < -0.3 is 70.7 Å². The van der Waals surface area contributed by atoms with E-state index in [0.29, 0.717) is 47.1 Å². The van der Waals surface area contributed by atoms with E-state index in [2.05, 4.69) is 27.9 Å². The van der Waals surface area contributed by atoms with Gasteiger partial charge in [0.2, 0.25) is 0 Å². The van der Waals surface area contributed by atoms with Crippen LogP contribution in [0.1, 0.15) is 51.1 Å². The molecule has 8 rings (SSSR count). The number of carbonyl (C=O) groups is 2. The van der Waals surface area contributed by atoms with E-state index in [9.17, 15) is 22.6 Å². The Morgan fingerprint density at radius 3 is 1.65 bits per heavy atom. The Morgan fingerprint density at radius 2 is 1.17 bits per heavy atom. The van der Waals surface area contributed by atoms with Crippen LogP contribution in [0.3, 0.4) is 0 Å². The standard InChI is InChI=1S/C43H44N4O14S2.2Na/c1-53-28-10-5-8-24(14-28)26-16-34-40(59-60-61-62)44-32-20-38(36(55-3)18-30(32)42(48)46(34)22-26)57-12-7-13-58-39-21-33-31(19-37(39)56-4)43(49)47-23-27(25-9-6-11-29(15-25)54-2)17-35(47)41(45-33)63(50,51)52;;/h5-6,8-11,14-15,18-23,34-35,40-41,44-45,62H,7,12-13,16-17H2,1-4H3,(H,50,51,52);;/q;2*+1/p-2/t34-,35-,40?,41?;;/m0../s1. The normalized spacial score (nSPS) is 19.5. The number of benzene rings is 4. The summed E-state index contributed by atoms with van der Waals surface area (Å²) in [5, 5.41) is 9.09. The van der Waals surface area contributed by atoms with Gasteiger partial charge in [0, 0.05) is 31.0 Å².